The van der Waals surface area contributed by atoms with Crippen LogP contribution in [-0.2, 0) is 21.3 Å². The minimum Gasteiger partial charge on any atom is -0.493 e. The van der Waals surface area contributed by atoms with E-state index in [1.54, 1.807) is 6.07 Å². The standard InChI is InChI=1S/C26H39ClFN3O5S/c1-19(2)26(30-18-20(3)27)31-12-9-21(10-13-31)6-4-14-36-23-8-7-22(24(28)17-23)16-25(32)29-11-5-15-37(33,34)35/h7-8,17,20-21H,1,4-6,9-16,18H2,2-3H3,(H,29,32)(H,33,34,35)/b30-26+. The van der Waals surface area contributed by atoms with Gasteiger partial charge in [-0.25, -0.2) is 4.39 Å². The summed E-state index contributed by atoms with van der Waals surface area (Å²) in [6, 6.07) is 4.44. The van der Waals surface area contributed by atoms with Crippen molar-refractivity contribution >= 4 is 33.5 Å². The SMILES string of the molecule is C=C(C)/C(=N\CC(C)Cl)N1CCC(CCCOc2ccc(CC(=O)NCCCS(=O)(=O)O)c(F)c2)CC1. The molecule has 1 unspecified atom stereocenters. The van der Waals surface area contributed by atoms with E-state index in [0.717, 1.165) is 50.2 Å². The van der Waals surface area contributed by atoms with Crippen molar-refractivity contribution in [1.29, 1.82) is 0 Å². The lowest BCUT2D eigenvalue weighted by atomic mass is 9.92. The van der Waals surface area contributed by atoms with Crippen molar-refractivity contribution in [1.82, 2.24) is 10.2 Å². The number of rotatable bonds is 14. The lowest BCUT2D eigenvalue weighted by Gasteiger charge is -2.34. The molecule has 37 heavy (non-hydrogen) atoms. The second-order valence-corrected chi connectivity index (χ2v) is 11.9. The van der Waals surface area contributed by atoms with Crippen LogP contribution in [0.4, 0.5) is 4.39 Å². The zero-order valence-electron chi connectivity index (χ0n) is 21.7. The molecule has 2 rings (SSSR count). The van der Waals surface area contributed by atoms with Gasteiger partial charge in [0.1, 0.15) is 17.4 Å². The molecule has 1 atom stereocenters. The first-order valence-corrected chi connectivity index (χ1v) is 14.7. The summed E-state index contributed by atoms with van der Waals surface area (Å²) in [5.41, 5.74) is 1.18. The molecule has 1 fully saturated rings. The summed E-state index contributed by atoms with van der Waals surface area (Å²) in [4.78, 5) is 18.9. The van der Waals surface area contributed by atoms with E-state index in [2.05, 4.69) is 21.8 Å². The average Bonchev–Trinajstić information content (AvgIpc) is 2.81. The van der Waals surface area contributed by atoms with Crippen LogP contribution in [0.25, 0.3) is 0 Å². The van der Waals surface area contributed by atoms with E-state index in [-0.39, 0.29) is 30.3 Å². The fourth-order valence-corrected chi connectivity index (χ4v) is 4.77. The van der Waals surface area contributed by atoms with Crippen molar-refractivity contribution in [2.24, 2.45) is 10.9 Å². The van der Waals surface area contributed by atoms with Gasteiger partial charge in [-0.2, -0.15) is 8.42 Å². The highest BCUT2D eigenvalue weighted by molar-refractivity contribution is 7.85. The van der Waals surface area contributed by atoms with Crippen molar-refractivity contribution in [3.63, 3.8) is 0 Å². The summed E-state index contributed by atoms with van der Waals surface area (Å²) in [6.45, 7) is 11.0. The molecule has 1 aliphatic rings. The van der Waals surface area contributed by atoms with Crippen LogP contribution >= 0.6 is 11.6 Å². The molecule has 1 aliphatic heterocycles. The molecular weight excluding hydrogens is 521 g/mol. The molecule has 0 aliphatic carbocycles. The Hall–Kier alpha value is -2.17. The van der Waals surface area contributed by atoms with Gasteiger partial charge in [0.25, 0.3) is 10.1 Å². The topological polar surface area (TPSA) is 108 Å². The third-order valence-electron chi connectivity index (χ3n) is 6.09. The Bertz CT molecular complexity index is 1040. The highest BCUT2D eigenvalue weighted by atomic mass is 35.5. The largest absolute Gasteiger partial charge is 0.493 e. The lowest BCUT2D eigenvalue weighted by molar-refractivity contribution is -0.120. The number of amides is 1. The van der Waals surface area contributed by atoms with Crippen molar-refractivity contribution < 1.29 is 26.9 Å². The van der Waals surface area contributed by atoms with Crippen LogP contribution in [0.3, 0.4) is 0 Å². The van der Waals surface area contributed by atoms with Gasteiger partial charge >= 0.3 is 0 Å². The molecule has 1 saturated heterocycles. The van der Waals surface area contributed by atoms with E-state index in [9.17, 15) is 17.6 Å². The summed E-state index contributed by atoms with van der Waals surface area (Å²) in [5.74, 6) is 0.579. The number of halogens is 2. The number of carbonyl (C=O) groups excluding carboxylic acids is 1. The summed E-state index contributed by atoms with van der Waals surface area (Å²) in [6.07, 6.45) is 3.96. The zero-order valence-corrected chi connectivity index (χ0v) is 23.3. The van der Waals surface area contributed by atoms with Crippen molar-refractivity contribution in [2.45, 2.75) is 57.7 Å². The molecule has 1 aromatic rings. The Morgan fingerprint density at radius 3 is 2.65 bits per heavy atom. The second kappa shape index (κ2) is 15.3. The fraction of sp³-hybridized carbons (Fsp3) is 0.615. The summed E-state index contributed by atoms with van der Waals surface area (Å²) in [7, 11) is -4.06. The van der Waals surface area contributed by atoms with E-state index < -0.39 is 27.6 Å². The first-order valence-electron chi connectivity index (χ1n) is 12.7. The number of benzene rings is 1. The van der Waals surface area contributed by atoms with E-state index in [0.29, 0.717) is 24.8 Å². The van der Waals surface area contributed by atoms with Crippen LogP contribution in [-0.4, -0.2) is 73.5 Å². The Labute approximate surface area is 225 Å². The van der Waals surface area contributed by atoms with Gasteiger partial charge in [-0.15, -0.1) is 11.6 Å². The predicted molar refractivity (Wildman–Crippen MR) is 146 cm³/mol. The molecule has 1 amide bonds. The third kappa shape index (κ3) is 12.3. The van der Waals surface area contributed by atoms with Crippen LogP contribution in [0.15, 0.2) is 35.3 Å². The number of piperidine rings is 1. The molecule has 1 heterocycles. The van der Waals surface area contributed by atoms with Crippen molar-refractivity contribution in [3.05, 3.63) is 41.7 Å². The Morgan fingerprint density at radius 1 is 1.35 bits per heavy atom. The van der Waals surface area contributed by atoms with Crippen LogP contribution in [0, 0.1) is 11.7 Å². The van der Waals surface area contributed by atoms with E-state index in [1.807, 2.05) is 13.8 Å². The highest BCUT2D eigenvalue weighted by Gasteiger charge is 2.22. The number of aliphatic imine (C=N–C) groups is 1. The highest BCUT2D eigenvalue weighted by Crippen LogP contribution is 2.24. The number of nitrogens with zero attached hydrogens (tertiary/aromatic N) is 2. The van der Waals surface area contributed by atoms with E-state index in [1.165, 1.54) is 12.1 Å². The van der Waals surface area contributed by atoms with E-state index >= 15 is 0 Å². The Morgan fingerprint density at radius 2 is 2.05 bits per heavy atom. The van der Waals surface area contributed by atoms with Crippen LogP contribution in [0.2, 0.25) is 0 Å². The minimum absolute atomic E-state index is 0.00571. The van der Waals surface area contributed by atoms with Gasteiger partial charge in [0.15, 0.2) is 0 Å². The average molecular weight is 560 g/mol. The molecule has 0 spiro atoms. The normalized spacial score (nSPS) is 15.9. The maximum atomic E-state index is 14.4. The smallest absolute Gasteiger partial charge is 0.264 e. The first-order chi connectivity index (χ1) is 17.4. The quantitative estimate of drug-likeness (QED) is 0.116. The lowest BCUT2D eigenvalue weighted by Crippen LogP contribution is -2.39. The number of nitrogens with one attached hydrogen (secondary N) is 1. The third-order valence-corrected chi connectivity index (χ3v) is 7.03. The van der Waals surface area contributed by atoms with Gasteiger partial charge in [0.2, 0.25) is 5.91 Å². The van der Waals surface area contributed by atoms with Gasteiger partial charge in [-0.05, 0) is 69.1 Å². The number of hydrogen-bond donors (Lipinski definition) is 2. The van der Waals surface area contributed by atoms with Gasteiger partial charge < -0.3 is 15.0 Å². The van der Waals surface area contributed by atoms with Gasteiger partial charge in [0, 0.05) is 25.7 Å². The predicted octanol–water partition coefficient (Wildman–Crippen LogP) is 4.24. The minimum atomic E-state index is -4.06. The second-order valence-electron chi connectivity index (χ2n) is 9.57. The van der Waals surface area contributed by atoms with Crippen LogP contribution < -0.4 is 10.1 Å². The number of likely N-dealkylation sites (tertiary alicyclic amines) is 1. The van der Waals surface area contributed by atoms with Crippen LogP contribution in [0.1, 0.15) is 51.5 Å². The maximum Gasteiger partial charge on any atom is 0.264 e. The number of hydrogen-bond acceptors (Lipinski definition) is 5. The molecular formula is C26H39ClFN3O5S. The van der Waals surface area contributed by atoms with Crippen LogP contribution in [0.5, 0.6) is 5.75 Å². The number of alkyl halides is 1. The number of carbonyl (C=O) groups is 1. The molecule has 11 heteroatoms. The summed E-state index contributed by atoms with van der Waals surface area (Å²) < 4.78 is 50.2. The van der Waals surface area contributed by atoms with Gasteiger partial charge in [-0.1, -0.05) is 12.6 Å². The van der Waals surface area contributed by atoms with Crippen molar-refractivity contribution in [2.75, 3.05) is 38.5 Å². The van der Waals surface area contributed by atoms with Gasteiger partial charge in [-0.3, -0.25) is 14.3 Å². The summed E-state index contributed by atoms with van der Waals surface area (Å²) in [5, 5.41) is 2.51. The molecule has 8 nitrogen and oxygen atoms in total. The van der Waals surface area contributed by atoms with Crippen molar-refractivity contribution in [3.8, 4) is 5.75 Å². The monoisotopic (exact) mass is 559 g/mol. The molecule has 0 saturated carbocycles. The zero-order chi connectivity index (χ0) is 27.4. The Balaban J connectivity index is 1.69. The van der Waals surface area contributed by atoms with E-state index in [4.69, 9.17) is 20.9 Å². The number of amidine groups is 1. The molecule has 208 valence electrons. The first kappa shape index (κ1) is 31.1. The molecule has 2 N–H and O–H groups in total. The molecule has 0 radical (unpaired) electrons. The molecule has 0 aromatic heterocycles. The Kier molecular flexibility index (Phi) is 12.8. The summed E-state index contributed by atoms with van der Waals surface area (Å²) >= 11 is 6.05. The number of ether oxygens (including phenoxy) is 1. The van der Waals surface area contributed by atoms with Gasteiger partial charge in [0.05, 0.1) is 30.7 Å². The molecule has 0 bridgehead atoms. The maximum absolute atomic E-state index is 14.4. The molecule has 1 aromatic carbocycles. The fourth-order valence-electron chi connectivity index (χ4n) is 4.19.